The summed E-state index contributed by atoms with van der Waals surface area (Å²) in [5.41, 5.74) is 6.05. The van der Waals surface area contributed by atoms with Gasteiger partial charge in [0.2, 0.25) is 0 Å². The first-order valence-electron chi connectivity index (χ1n) is 5.99. The Morgan fingerprint density at radius 2 is 2.05 bits per heavy atom. The van der Waals surface area contributed by atoms with Crippen molar-refractivity contribution < 1.29 is 13.6 Å². The molecule has 0 radical (unpaired) electrons. The van der Waals surface area contributed by atoms with Crippen LogP contribution in [-0.2, 0) is 0 Å². The number of carbonyl (C=O) groups is 1. The highest BCUT2D eigenvalue weighted by Crippen LogP contribution is 2.18. The predicted molar refractivity (Wildman–Crippen MR) is 71.3 cm³/mol. The zero-order valence-corrected chi connectivity index (χ0v) is 11.4. The molecule has 19 heavy (non-hydrogen) atoms. The molecule has 0 saturated carbocycles. The van der Waals surface area contributed by atoms with Crippen LogP contribution in [0.1, 0.15) is 23.7 Å². The topological polar surface area (TPSA) is 46.3 Å². The number of nitrogens with zero attached hydrogens (tertiary/aromatic N) is 1. The number of piperidine rings is 1. The molecule has 1 fully saturated rings. The fourth-order valence-corrected chi connectivity index (χ4v) is 2.16. The molecule has 0 aromatic heterocycles. The summed E-state index contributed by atoms with van der Waals surface area (Å²) in [6, 6.07) is 3.32. The van der Waals surface area contributed by atoms with E-state index in [4.69, 9.17) is 5.73 Å². The van der Waals surface area contributed by atoms with Crippen molar-refractivity contribution >= 4 is 18.3 Å². The minimum Gasteiger partial charge on any atom is -0.338 e. The van der Waals surface area contributed by atoms with Crippen LogP contribution in [0.2, 0.25) is 0 Å². The van der Waals surface area contributed by atoms with E-state index in [-0.39, 0.29) is 35.8 Å². The monoisotopic (exact) mass is 290 g/mol. The summed E-state index contributed by atoms with van der Waals surface area (Å²) in [5.74, 6) is -2.00. The van der Waals surface area contributed by atoms with E-state index >= 15 is 0 Å². The van der Waals surface area contributed by atoms with E-state index in [9.17, 15) is 13.6 Å². The fraction of sp³-hybridized carbons (Fsp3) is 0.462. The van der Waals surface area contributed by atoms with Crippen LogP contribution in [0.3, 0.4) is 0 Å². The Kier molecular flexibility index (Phi) is 5.26. The van der Waals surface area contributed by atoms with Gasteiger partial charge in [0, 0.05) is 24.7 Å². The Morgan fingerprint density at radius 3 is 2.63 bits per heavy atom. The van der Waals surface area contributed by atoms with Crippen LogP contribution >= 0.6 is 12.4 Å². The van der Waals surface area contributed by atoms with E-state index in [1.165, 1.54) is 6.07 Å². The Hall–Kier alpha value is -1.20. The Balaban J connectivity index is 0.00000180. The summed E-state index contributed by atoms with van der Waals surface area (Å²) in [6.07, 6.45) is 0.733. The zero-order chi connectivity index (χ0) is 13.3. The van der Waals surface area contributed by atoms with Gasteiger partial charge in [0.1, 0.15) is 0 Å². The molecule has 3 nitrogen and oxygen atoms in total. The van der Waals surface area contributed by atoms with Gasteiger partial charge < -0.3 is 10.6 Å². The fourth-order valence-electron chi connectivity index (χ4n) is 2.16. The van der Waals surface area contributed by atoms with E-state index in [0.717, 1.165) is 18.6 Å². The molecule has 1 saturated heterocycles. The van der Waals surface area contributed by atoms with Crippen molar-refractivity contribution in [2.24, 2.45) is 11.7 Å². The number of hydrogen-bond donors (Lipinski definition) is 1. The van der Waals surface area contributed by atoms with Crippen LogP contribution in [0, 0.1) is 17.6 Å². The quantitative estimate of drug-likeness (QED) is 0.862. The second-order valence-corrected chi connectivity index (χ2v) is 4.81. The highest BCUT2D eigenvalue weighted by Gasteiger charge is 2.27. The summed E-state index contributed by atoms with van der Waals surface area (Å²) in [7, 11) is 0. The van der Waals surface area contributed by atoms with Crippen LogP contribution in [0.4, 0.5) is 8.78 Å². The molecule has 1 amide bonds. The third-order valence-electron chi connectivity index (χ3n) is 3.43. The van der Waals surface area contributed by atoms with Crippen LogP contribution in [0.25, 0.3) is 0 Å². The maximum Gasteiger partial charge on any atom is 0.253 e. The zero-order valence-electron chi connectivity index (χ0n) is 10.6. The van der Waals surface area contributed by atoms with Gasteiger partial charge in [0.25, 0.3) is 5.91 Å². The molecule has 1 aromatic carbocycles. The molecule has 2 unspecified atom stereocenters. The first-order valence-corrected chi connectivity index (χ1v) is 5.99. The van der Waals surface area contributed by atoms with Crippen molar-refractivity contribution in [1.82, 2.24) is 4.90 Å². The van der Waals surface area contributed by atoms with Crippen LogP contribution < -0.4 is 5.73 Å². The standard InChI is InChI=1S/C13H16F2N2O.ClH/c1-8-7-17(5-4-12(8)16)13(18)9-2-3-10(14)11(15)6-9;/h2-3,6,8,12H,4-5,7,16H2,1H3;1H. The SMILES string of the molecule is CC1CN(C(=O)c2ccc(F)c(F)c2)CCC1N.Cl. The summed E-state index contributed by atoms with van der Waals surface area (Å²) >= 11 is 0. The molecule has 2 rings (SSSR count). The lowest BCUT2D eigenvalue weighted by molar-refractivity contribution is 0.0663. The summed E-state index contributed by atoms with van der Waals surface area (Å²) in [4.78, 5) is 13.8. The molecule has 0 spiro atoms. The van der Waals surface area contributed by atoms with E-state index in [1.54, 1.807) is 4.90 Å². The van der Waals surface area contributed by atoms with Crippen molar-refractivity contribution in [2.75, 3.05) is 13.1 Å². The van der Waals surface area contributed by atoms with Crippen LogP contribution in [-0.4, -0.2) is 29.9 Å². The molecule has 1 aromatic rings. The molecule has 2 N–H and O–H groups in total. The molecule has 2 atom stereocenters. The van der Waals surface area contributed by atoms with Crippen molar-refractivity contribution in [3.63, 3.8) is 0 Å². The summed E-state index contributed by atoms with van der Waals surface area (Å²) < 4.78 is 25.9. The first kappa shape index (κ1) is 15.9. The Labute approximate surface area is 117 Å². The molecule has 1 aliphatic rings. The molecular formula is C13H17ClF2N2O. The maximum absolute atomic E-state index is 13.1. The van der Waals surface area contributed by atoms with Gasteiger partial charge in [-0.3, -0.25) is 4.79 Å². The number of carbonyl (C=O) groups excluding carboxylic acids is 1. The van der Waals surface area contributed by atoms with Crippen molar-refractivity contribution in [2.45, 2.75) is 19.4 Å². The van der Waals surface area contributed by atoms with E-state index < -0.39 is 11.6 Å². The molecule has 106 valence electrons. The minimum atomic E-state index is -0.998. The van der Waals surface area contributed by atoms with Gasteiger partial charge in [0.05, 0.1) is 0 Å². The van der Waals surface area contributed by atoms with E-state index in [1.807, 2.05) is 6.92 Å². The lowest BCUT2D eigenvalue weighted by Gasteiger charge is -2.35. The smallest absolute Gasteiger partial charge is 0.253 e. The lowest BCUT2D eigenvalue weighted by atomic mass is 9.94. The van der Waals surface area contributed by atoms with Crippen LogP contribution in [0.5, 0.6) is 0 Å². The van der Waals surface area contributed by atoms with E-state index in [0.29, 0.717) is 13.1 Å². The van der Waals surface area contributed by atoms with Crippen molar-refractivity contribution in [3.8, 4) is 0 Å². The van der Waals surface area contributed by atoms with Gasteiger partial charge in [-0.25, -0.2) is 8.78 Å². The normalized spacial score (nSPS) is 22.8. The number of hydrogen-bond acceptors (Lipinski definition) is 2. The molecular weight excluding hydrogens is 274 g/mol. The number of nitrogens with two attached hydrogens (primary N) is 1. The third-order valence-corrected chi connectivity index (χ3v) is 3.43. The van der Waals surface area contributed by atoms with Gasteiger partial charge in [-0.15, -0.1) is 12.4 Å². The largest absolute Gasteiger partial charge is 0.338 e. The maximum atomic E-state index is 13.1. The minimum absolute atomic E-state index is 0. The highest BCUT2D eigenvalue weighted by molar-refractivity contribution is 5.94. The number of amides is 1. The molecule has 0 bridgehead atoms. The average molecular weight is 291 g/mol. The number of halogens is 3. The van der Waals surface area contributed by atoms with Gasteiger partial charge in [-0.2, -0.15) is 0 Å². The highest BCUT2D eigenvalue weighted by atomic mass is 35.5. The predicted octanol–water partition coefficient (Wildman–Crippen LogP) is 2.20. The van der Waals surface area contributed by atoms with Gasteiger partial charge >= 0.3 is 0 Å². The molecule has 1 heterocycles. The average Bonchev–Trinajstić information content (AvgIpc) is 2.35. The summed E-state index contributed by atoms with van der Waals surface area (Å²) in [5, 5.41) is 0. The van der Waals surface area contributed by atoms with Gasteiger partial charge in [0.15, 0.2) is 11.6 Å². The first-order chi connectivity index (χ1) is 8.49. The number of rotatable bonds is 1. The van der Waals surface area contributed by atoms with Crippen molar-refractivity contribution in [1.29, 1.82) is 0 Å². The second-order valence-electron chi connectivity index (χ2n) is 4.81. The third kappa shape index (κ3) is 3.42. The lowest BCUT2D eigenvalue weighted by Crippen LogP contribution is -2.48. The van der Waals surface area contributed by atoms with Crippen LogP contribution in [0.15, 0.2) is 18.2 Å². The molecule has 6 heteroatoms. The van der Waals surface area contributed by atoms with Gasteiger partial charge in [-0.1, -0.05) is 6.92 Å². The summed E-state index contributed by atoms with van der Waals surface area (Å²) in [6.45, 7) is 3.09. The van der Waals surface area contributed by atoms with Gasteiger partial charge in [-0.05, 0) is 30.5 Å². The molecule has 1 aliphatic heterocycles. The Bertz CT molecular complexity index is 470. The van der Waals surface area contributed by atoms with Crippen molar-refractivity contribution in [3.05, 3.63) is 35.4 Å². The Morgan fingerprint density at radius 1 is 1.37 bits per heavy atom. The second kappa shape index (κ2) is 6.30. The van der Waals surface area contributed by atoms with E-state index in [2.05, 4.69) is 0 Å². The number of likely N-dealkylation sites (tertiary alicyclic amines) is 1. The molecule has 0 aliphatic carbocycles. The number of benzene rings is 1.